The number of carboxylic acid groups (broad SMARTS) is 1. The number of aliphatic carboxylic acids is 1. The Morgan fingerprint density at radius 2 is 2.26 bits per heavy atom. The number of hydrogen-bond acceptors (Lipinski definition) is 4. The van der Waals surface area contributed by atoms with E-state index in [1.54, 1.807) is 31.0 Å². The van der Waals surface area contributed by atoms with E-state index in [9.17, 15) is 9.59 Å². The first-order valence-corrected chi connectivity index (χ1v) is 6.16. The lowest BCUT2D eigenvalue weighted by Gasteiger charge is -2.11. The van der Waals surface area contributed by atoms with Gasteiger partial charge in [-0.2, -0.15) is 5.10 Å². The van der Waals surface area contributed by atoms with Crippen LogP contribution < -0.4 is 11.1 Å². The topological polar surface area (TPSA) is 110 Å². The number of carbonyl (C=O) groups excluding carboxylic acids is 1. The van der Waals surface area contributed by atoms with Gasteiger partial charge in [-0.1, -0.05) is 6.92 Å². The number of rotatable bonds is 7. The van der Waals surface area contributed by atoms with Crippen molar-refractivity contribution in [2.75, 3.05) is 6.54 Å². The molecule has 1 amide bonds. The minimum Gasteiger partial charge on any atom is -0.481 e. The number of nitrogens with one attached hydrogen (secondary N) is 1. The number of amides is 1. The Hall–Kier alpha value is -1.89. The molecule has 2 atom stereocenters. The van der Waals surface area contributed by atoms with Crippen molar-refractivity contribution in [1.82, 2.24) is 15.1 Å². The predicted octanol–water partition coefficient (Wildman–Crippen LogP) is 0.0370. The molecule has 0 saturated carbocycles. The molecule has 0 aromatic carbocycles. The molecular weight excluding hydrogens is 248 g/mol. The molecule has 4 N–H and O–H groups in total. The maximum absolute atomic E-state index is 11.7. The van der Waals surface area contributed by atoms with Crippen LogP contribution in [0, 0.1) is 5.92 Å². The molecule has 0 aliphatic heterocycles. The summed E-state index contributed by atoms with van der Waals surface area (Å²) in [7, 11) is 1.75. The molecule has 0 saturated heterocycles. The Morgan fingerprint density at radius 1 is 1.58 bits per heavy atom. The smallest absolute Gasteiger partial charge is 0.306 e. The van der Waals surface area contributed by atoms with Gasteiger partial charge in [-0.05, 0) is 12.8 Å². The van der Waals surface area contributed by atoms with Crippen molar-refractivity contribution in [3.8, 4) is 0 Å². The van der Waals surface area contributed by atoms with Crippen LogP contribution in [0.1, 0.15) is 31.4 Å². The summed E-state index contributed by atoms with van der Waals surface area (Å²) in [6.07, 6.45) is 4.38. The van der Waals surface area contributed by atoms with E-state index >= 15 is 0 Å². The van der Waals surface area contributed by atoms with Gasteiger partial charge in [0.05, 0.1) is 12.1 Å². The molecule has 0 bridgehead atoms. The van der Waals surface area contributed by atoms with Crippen molar-refractivity contribution in [1.29, 1.82) is 0 Å². The summed E-state index contributed by atoms with van der Waals surface area (Å²) < 4.78 is 1.58. The standard InChI is InChI=1S/C12H20N4O3/c1-8(12(18)19)4-3-5-14-11(17)10(13)9-6-15-16(2)7-9/h6-8,10H,3-5,13H2,1-2H3,(H,14,17)(H,18,19). The molecule has 0 aliphatic carbocycles. The average molecular weight is 268 g/mol. The minimum atomic E-state index is -0.821. The van der Waals surface area contributed by atoms with Gasteiger partial charge in [0, 0.05) is 25.4 Å². The number of carboxylic acids is 1. The maximum Gasteiger partial charge on any atom is 0.306 e. The molecule has 1 heterocycles. The van der Waals surface area contributed by atoms with E-state index in [-0.39, 0.29) is 5.91 Å². The van der Waals surface area contributed by atoms with Gasteiger partial charge < -0.3 is 16.2 Å². The highest BCUT2D eigenvalue weighted by atomic mass is 16.4. The van der Waals surface area contributed by atoms with E-state index in [0.717, 1.165) is 0 Å². The molecule has 7 heteroatoms. The predicted molar refractivity (Wildman–Crippen MR) is 69.2 cm³/mol. The summed E-state index contributed by atoms with van der Waals surface area (Å²) in [5.41, 5.74) is 6.43. The molecule has 1 aromatic rings. The molecule has 0 aliphatic rings. The Bertz CT molecular complexity index is 444. The second kappa shape index (κ2) is 6.89. The van der Waals surface area contributed by atoms with E-state index < -0.39 is 17.9 Å². The van der Waals surface area contributed by atoms with Crippen molar-refractivity contribution in [2.45, 2.75) is 25.8 Å². The monoisotopic (exact) mass is 268 g/mol. The van der Waals surface area contributed by atoms with E-state index in [4.69, 9.17) is 10.8 Å². The second-order valence-corrected chi connectivity index (χ2v) is 4.60. The van der Waals surface area contributed by atoms with Gasteiger partial charge in [-0.15, -0.1) is 0 Å². The fourth-order valence-corrected chi connectivity index (χ4v) is 1.61. The van der Waals surface area contributed by atoms with Crippen LogP contribution in [0.25, 0.3) is 0 Å². The molecule has 0 spiro atoms. The third-order valence-electron chi connectivity index (χ3n) is 2.90. The highest BCUT2D eigenvalue weighted by Gasteiger charge is 2.17. The fourth-order valence-electron chi connectivity index (χ4n) is 1.61. The zero-order valence-electron chi connectivity index (χ0n) is 11.2. The van der Waals surface area contributed by atoms with Crippen LogP contribution in [0.15, 0.2) is 12.4 Å². The Kier molecular flexibility index (Phi) is 5.50. The third kappa shape index (κ3) is 4.70. The van der Waals surface area contributed by atoms with Gasteiger partial charge in [0.1, 0.15) is 6.04 Å². The number of aromatic nitrogens is 2. The van der Waals surface area contributed by atoms with Crippen LogP contribution in [-0.4, -0.2) is 33.3 Å². The van der Waals surface area contributed by atoms with Crippen LogP contribution in [0.5, 0.6) is 0 Å². The average Bonchev–Trinajstić information content (AvgIpc) is 2.79. The first-order valence-electron chi connectivity index (χ1n) is 6.16. The number of aryl methyl sites for hydroxylation is 1. The van der Waals surface area contributed by atoms with Gasteiger partial charge in [0.2, 0.25) is 5.91 Å². The van der Waals surface area contributed by atoms with Crippen LogP contribution >= 0.6 is 0 Å². The van der Waals surface area contributed by atoms with Gasteiger partial charge in [0.25, 0.3) is 0 Å². The first-order chi connectivity index (χ1) is 8.91. The van der Waals surface area contributed by atoms with Crippen molar-refractivity contribution >= 4 is 11.9 Å². The van der Waals surface area contributed by atoms with Crippen molar-refractivity contribution in [3.05, 3.63) is 18.0 Å². The summed E-state index contributed by atoms with van der Waals surface area (Å²) in [4.78, 5) is 22.3. The quantitative estimate of drug-likeness (QED) is 0.605. The SMILES string of the molecule is CC(CCCNC(=O)C(N)c1cnn(C)c1)C(=O)O. The van der Waals surface area contributed by atoms with Crippen LogP contribution in [0.3, 0.4) is 0 Å². The van der Waals surface area contributed by atoms with Crippen molar-refractivity contribution in [2.24, 2.45) is 18.7 Å². The van der Waals surface area contributed by atoms with E-state index in [2.05, 4.69) is 10.4 Å². The first kappa shape index (κ1) is 15.2. The lowest BCUT2D eigenvalue weighted by atomic mass is 10.1. The highest BCUT2D eigenvalue weighted by molar-refractivity contribution is 5.82. The summed E-state index contributed by atoms with van der Waals surface area (Å²) in [5, 5.41) is 15.4. The van der Waals surface area contributed by atoms with Gasteiger partial charge in [0.15, 0.2) is 0 Å². The molecule has 2 unspecified atom stereocenters. The zero-order chi connectivity index (χ0) is 14.4. The Balaban J connectivity index is 2.30. The largest absolute Gasteiger partial charge is 0.481 e. The molecule has 106 valence electrons. The molecule has 0 fully saturated rings. The van der Waals surface area contributed by atoms with Crippen molar-refractivity contribution < 1.29 is 14.7 Å². The number of carbonyl (C=O) groups is 2. The molecular formula is C12H20N4O3. The maximum atomic E-state index is 11.7. The second-order valence-electron chi connectivity index (χ2n) is 4.60. The van der Waals surface area contributed by atoms with Gasteiger partial charge in [-0.3, -0.25) is 14.3 Å². The number of nitrogens with zero attached hydrogens (tertiary/aromatic N) is 2. The lowest BCUT2D eigenvalue weighted by molar-refractivity contribution is -0.141. The van der Waals surface area contributed by atoms with Gasteiger partial charge >= 0.3 is 5.97 Å². The van der Waals surface area contributed by atoms with E-state index in [1.165, 1.54) is 0 Å². The molecule has 7 nitrogen and oxygen atoms in total. The van der Waals surface area contributed by atoms with Crippen LogP contribution in [0.4, 0.5) is 0 Å². The minimum absolute atomic E-state index is 0.282. The third-order valence-corrected chi connectivity index (χ3v) is 2.90. The molecule has 0 radical (unpaired) electrons. The Morgan fingerprint density at radius 3 is 2.79 bits per heavy atom. The van der Waals surface area contributed by atoms with Crippen LogP contribution in [-0.2, 0) is 16.6 Å². The molecule has 1 rings (SSSR count). The molecule has 1 aromatic heterocycles. The lowest BCUT2D eigenvalue weighted by Crippen LogP contribution is -2.34. The molecule has 19 heavy (non-hydrogen) atoms. The summed E-state index contributed by atoms with van der Waals surface area (Å²) in [6, 6.07) is -0.745. The van der Waals surface area contributed by atoms with Gasteiger partial charge in [-0.25, -0.2) is 0 Å². The Labute approximate surface area is 111 Å². The highest BCUT2D eigenvalue weighted by Crippen LogP contribution is 2.09. The van der Waals surface area contributed by atoms with Crippen molar-refractivity contribution in [3.63, 3.8) is 0 Å². The number of hydrogen-bond donors (Lipinski definition) is 3. The van der Waals surface area contributed by atoms with Crippen LogP contribution in [0.2, 0.25) is 0 Å². The van der Waals surface area contributed by atoms with E-state index in [1.807, 2.05) is 0 Å². The normalized spacial score (nSPS) is 13.8. The summed E-state index contributed by atoms with van der Waals surface area (Å²) >= 11 is 0. The summed E-state index contributed by atoms with van der Waals surface area (Å²) in [5.74, 6) is -1.50. The van der Waals surface area contributed by atoms with E-state index in [0.29, 0.717) is 24.9 Å². The summed E-state index contributed by atoms with van der Waals surface area (Å²) in [6.45, 7) is 2.07. The fraction of sp³-hybridized carbons (Fsp3) is 0.583. The zero-order valence-corrected chi connectivity index (χ0v) is 11.2. The number of nitrogens with two attached hydrogens (primary N) is 1.